The second-order valence-electron chi connectivity index (χ2n) is 4.90. The summed E-state index contributed by atoms with van der Waals surface area (Å²) in [4.78, 5) is 2.40. The minimum absolute atomic E-state index is 0.107. The van der Waals surface area contributed by atoms with Gasteiger partial charge < -0.3 is 15.2 Å². The normalized spacial score (nSPS) is 26.8. The van der Waals surface area contributed by atoms with Crippen LogP contribution in [-0.2, 0) is 4.74 Å². The Bertz CT molecular complexity index is 189. The van der Waals surface area contributed by atoms with E-state index in [9.17, 15) is 5.11 Å². The molecule has 4 nitrogen and oxygen atoms in total. The lowest BCUT2D eigenvalue weighted by molar-refractivity contribution is 0.0208. The molecule has 4 heteroatoms. The number of piperidine rings is 1. The Morgan fingerprint density at radius 1 is 1.25 bits per heavy atom. The van der Waals surface area contributed by atoms with Gasteiger partial charge in [-0.1, -0.05) is 0 Å². The van der Waals surface area contributed by atoms with E-state index < -0.39 is 0 Å². The second kappa shape index (κ2) is 6.55. The van der Waals surface area contributed by atoms with Gasteiger partial charge in [-0.2, -0.15) is 0 Å². The van der Waals surface area contributed by atoms with Gasteiger partial charge in [0.15, 0.2) is 0 Å². The zero-order valence-corrected chi connectivity index (χ0v) is 10.0. The maximum Gasteiger partial charge on any atom is 0.0594 e. The fourth-order valence-electron chi connectivity index (χ4n) is 2.60. The van der Waals surface area contributed by atoms with Gasteiger partial charge in [-0.3, -0.25) is 4.90 Å². The Morgan fingerprint density at radius 2 is 1.94 bits per heavy atom. The van der Waals surface area contributed by atoms with Crippen LogP contribution in [0.3, 0.4) is 0 Å². The molecule has 0 radical (unpaired) electrons. The van der Waals surface area contributed by atoms with E-state index in [2.05, 4.69) is 10.2 Å². The molecule has 16 heavy (non-hydrogen) atoms. The van der Waals surface area contributed by atoms with Gasteiger partial charge in [0.1, 0.15) is 0 Å². The van der Waals surface area contributed by atoms with Crippen molar-refractivity contribution < 1.29 is 9.84 Å². The third-order valence-electron chi connectivity index (χ3n) is 3.77. The molecule has 1 atom stereocenters. The van der Waals surface area contributed by atoms with Crippen LogP contribution in [0.1, 0.15) is 19.3 Å². The predicted molar refractivity (Wildman–Crippen MR) is 63.5 cm³/mol. The molecule has 0 amide bonds. The summed E-state index contributed by atoms with van der Waals surface area (Å²) in [5, 5.41) is 13.5. The quantitative estimate of drug-likeness (QED) is 0.715. The monoisotopic (exact) mass is 228 g/mol. The highest BCUT2D eigenvalue weighted by Gasteiger charge is 2.22. The molecule has 0 spiro atoms. The van der Waals surface area contributed by atoms with E-state index in [4.69, 9.17) is 4.74 Å². The van der Waals surface area contributed by atoms with Crippen molar-refractivity contribution in [3.63, 3.8) is 0 Å². The molecule has 1 unspecified atom stereocenters. The fourth-order valence-corrected chi connectivity index (χ4v) is 2.60. The number of rotatable bonds is 4. The third-order valence-corrected chi connectivity index (χ3v) is 3.77. The molecule has 0 bridgehead atoms. The van der Waals surface area contributed by atoms with E-state index in [0.29, 0.717) is 5.92 Å². The van der Waals surface area contributed by atoms with Gasteiger partial charge >= 0.3 is 0 Å². The van der Waals surface area contributed by atoms with Crippen LogP contribution in [0.15, 0.2) is 0 Å². The van der Waals surface area contributed by atoms with Crippen LogP contribution in [0, 0.1) is 5.92 Å². The van der Waals surface area contributed by atoms with Crippen molar-refractivity contribution in [2.24, 2.45) is 5.92 Å². The summed E-state index contributed by atoms with van der Waals surface area (Å²) in [5.41, 5.74) is 0. The summed E-state index contributed by atoms with van der Waals surface area (Å²) in [6, 6.07) is 0. The van der Waals surface area contributed by atoms with Gasteiger partial charge in [-0.25, -0.2) is 0 Å². The van der Waals surface area contributed by atoms with E-state index in [1.165, 1.54) is 0 Å². The minimum atomic E-state index is -0.107. The van der Waals surface area contributed by atoms with Gasteiger partial charge in [0.25, 0.3) is 0 Å². The molecule has 2 N–H and O–H groups in total. The topological polar surface area (TPSA) is 44.7 Å². The van der Waals surface area contributed by atoms with Crippen LogP contribution in [-0.4, -0.2) is 62.0 Å². The molecule has 2 fully saturated rings. The predicted octanol–water partition coefficient (Wildman–Crippen LogP) is 0.0692. The Kier molecular flexibility index (Phi) is 5.03. The first kappa shape index (κ1) is 12.3. The Balaban J connectivity index is 1.63. The number of nitrogens with one attached hydrogen (secondary N) is 1. The van der Waals surface area contributed by atoms with Crippen molar-refractivity contribution in [2.75, 3.05) is 45.9 Å². The van der Waals surface area contributed by atoms with E-state index in [1.54, 1.807) is 0 Å². The maximum absolute atomic E-state index is 10.1. The molecule has 2 aliphatic heterocycles. The third kappa shape index (κ3) is 3.70. The number of morpholine rings is 1. The lowest BCUT2D eigenvalue weighted by atomic mass is 9.90. The van der Waals surface area contributed by atoms with Crippen LogP contribution in [0.5, 0.6) is 0 Å². The molecular formula is C12H24N2O2. The Labute approximate surface area is 98.0 Å². The molecule has 2 aliphatic rings. The smallest absolute Gasteiger partial charge is 0.0594 e. The lowest BCUT2D eigenvalue weighted by Crippen LogP contribution is -2.40. The zero-order chi connectivity index (χ0) is 11.2. The number of nitrogens with zero attached hydrogens (tertiary/aromatic N) is 1. The summed E-state index contributed by atoms with van der Waals surface area (Å²) in [5.74, 6) is 0.516. The summed E-state index contributed by atoms with van der Waals surface area (Å²) in [6.45, 7) is 6.91. The minimum Gasteiger partial charge on any atom is -0.393 e. The van der Waals surface area contributed by atoms with Gasteiger partial charge in [0, 0.05) is 19.6 Å². The van der Waals surface area contributed by atoms with Crippen molar-refractivity contribution in [1.82, 2.24) is 10.2 Å². The number of hydrogen-bond donors (Lipinski definition) is 2. The van der Waals surface area contributed by atoms with Gasteiger partial charge in [-0.05, 0) is 38.3 Å². The van der Waals surface area contributed by atoms with Crippen LogP contribution in [0.4, 0.5) is 0 Å². The molecule has 2 saturated heterocycles. The molecule has 0 aromatic carbocycles. The molecule has 0 aliphatic carbocycles. The number of aliphatic hydroxyl groups is 1. The summed E-state index contributed by atoms with van der Waals surface area (Å²) >= 11 is 0. The molecule has 0 aromatic rings. The lowest BCUT2D eigenvalue weighted by Gasteiger charge is -2.31. The molecule has 2 rings (SSSR count). The number of ether oxygens (including phenoxy) is 1. The molecular weight excluding hydrogens is 204 g/mol. The van der Waals surface area contributed by atoms with Crippen LogP contribution < -0.4 is 5.32 Å². The van der Waals surface area contributed by atoms with Gasteiger partial charge in [0.05, 0.1) is 19.3 Å². The summed E-state index contributed by atoms with van der Waals surface area (Å²) < 4.78 is 5.31. The Morgan fingerprint density at radius 3 is 2.62 bits per heavy atom. The first-order valence-corrected chi connectivity index (χ1v) is 6.55. The van der Waals surface area contributed by atoms with Gasteiger partial charge in [-0.15, -0.1) is 0 Å². The summed E-state index contributed by atoms with van der Waals surface area (Å²) in [6.07, 6.45) is 3.07. The molecule has 0 aromatic heterocycles. The SMILES string of the molecule is OC(CCN1CCOCC1)C1CCNCC1. The average Bonchev–Trinajstić information content (AvgIpc) is 2.38. The first-order chi connectivity index (χ1) is 7.86. The largest absolute Gasteiger partial charge is 0.393 e. The summed E-state index contributed by atoms with van der Waals surface area (Å²) in [7, 11) is 0. The number of aliphatic hydroxyl groups excluding tert-OH is 1. The van der Waals surface area contributed by atoms with E-state index in [-0.39, 0.29) is 6.10 Å². The number of hydrogen-bond acceptors (Lipinski definition) is 4. The van der Waals surface area contributed by atoms with Crippen molar-refractivity contribution in [3.05, 3.63) is 0 Å². The van der Waals surface area contributed by atoms with E-state index >= 15 is 0 Å². The highest BCUT2D eigenvalue weighted by molar-refractivity contribution is 4.76. The van der Waals surface area contributed by atoms with Crippen molar-refractivity contribution in [1.29, 1.82) is 0 Å². The highest BCUT2D eigenvalue weighted by Crippen LogP contribution is 2.18. The zero-order valence-electron chi connectivity index (χ0n) is 10.0. The maximum atomic E-state index is 10.1. The first-order valence-electron chi connectivity index (χ1n) is 6.55. The van der Waals surface area contributed by atoms with Gasteiger partial charge in [0.2, 0.25) is 0 Å². The van der Waals surface area contributed by atoms with Crippen LogP contribution in [0.25, 0.3) is 0 Å². The van der Waals surface area contributed by atoms with Crippen molar-refractivity contribution >= 4 is 0 Å². The average molecular weight is 228 g/mol. The van der Waals surface area contributed by atoms with Crippen molar-refractivity contribution in [2.45, 2.75) is 25.4 Å². The molecule has 0 saturated carbocycles. The highest BCUT2D eigenvalue weighted by atomic mass is 16.5. The van der Waals surface area contributed by atoms with E-state index in [0.717, 1.165) is 65.2 Å². The van der Waals surface area contributed by atoms with Crippen LogP contribution >= 0.6 is 0 Å². The standard InChI is InChI=1S/C12H24N2O2/c15-12(11-1-4-13-5-2-11)3-6-14-7-9-16-10-8-14/h11-13,15H,1-10H2. The van der Waals surface area contributed by atoms with E-state index in [1.807, 2.05) is 0 Å². The molecule has 2 heterocycles. The Hall–Kier alpha value is -0.160. The van der Waals surface area contributed by atoms with Crippen LogP contribution in [0.2, 0.25) is 0 Å². The fraction of sp³-hybridized carbons (Fsp3) is 1.00. The second-order valence-corrected chi connectivity index (χ2v) is 4.90. The van der Waals surface area contributed by atoms with Crippen molar-refractivity contribution in [3.8, 4) is 0 Å². The molecule has 94 valence electrons.